The number of fused-ring (bicyclic) bond motifs is 6. The van der Waals surface area contributed by atoms with Crippen LogP contribution in [0.15, 0.2) is 48.0 Å². The molecule has 1 saturated carbocycles. The minimum absolute atomic E-state index is 0.0375. The summed E-state index contributed by atoms with van der Waals surface area (Å²) in [6, 6.07) is 11.3. The summed E-state index contributed by atoms with van der Waals surface area (Å²) in [7, 11) is 6.28. The van der Waals surface area contributed by atoms with Gasteiger partial charge in [0, 0.05) is 84.4 Å². The van der Waals surface area contributed by atoms with Crippen molar-refractivity contribution in [3.63, 3.8) is 0 Å². The third-order valence-electron chi connectivity index (χ3n) is 15.2. The number of ether oxygens (including phenoxy) is 4. The second-order valence-corrected chi connectivity index (χ2v) is 17.5. The van der Waals surface area contributed by atoms with Crippen molar-refractivity contribution in [2.45, 2.75) is 100 Å². The molecule has 9 atom stereocenters. The zero-order valence-corrected chi connectivity index (χ0v) is 34.3. The highest BCUT2D eigenvalue weighted by molar-refractivity contribution is 5.95. The number of nitrogens with one attached hydrogen (secondary N) is 1. The lowest BCUT2D eigenvalue weighted by Gasteiger charge is -2.65. The average molecular weight is 781 g/mol. The van der Waals surface area contributed by atoms with Crippen LogP contribution in [0.4, 0.5) is 5.69 Å². The van der Waals surface area contributed by atoms with E-state index >= 15 is 4.79 Å². The topological polar surface area (TPSA) is 134 Å². The van der Waals surface area contributed by atoms with Gasteiger partial charge in [-0.3, -0.25) is 19.4 Å². The van der Waals surface area contributed by atoms with Crippen molar-refractivity contribution in [3.8, 4) is 5.75 Å². The Bertz CT molecular complexity index is 2200. The van der Waals surface area contributed by atoms with E-state index in [0.717, 1.165) is 72.4 Å². The molecule has 0 amide bonds. The zero-order chi connectivity index (χ0) is 40.2. The summed E-state index contributed by atoms with van der Waals surface area (Å²) in [5.41, 5.74) is 1.46. The number of nitrogens with zero attached hydrogens (tertiary/aromatic N) is 3. The van der Waals surface area contributed by atoms with E-state index in [1.807, 2.05) is 30.1 Å². The van der Waals surface area contributed by atoms with Crippen molar-refractivity contribution in [2.75, 3.05) is 59.5 Å². The lowest BCUT2D eigenvalue weighted by Crippen LogP contribution is -2.82. The highest BCUT2D eigenvalue weighted by Crippen LogP contribution is 2.69. The number of aromatic nitrogens is 1. The first kappa shape index (κ1) is 38.1. The number of carbonyl (C=O) groups excluding carboxylic acids is 3. The summed E-state index contributed by atoms with van der Waals surface area (Å²) in [6.07, 6.45) is 5.27. The highest BCUT2D eigenvalue weighted by atomic mass is 16.6. The second-order valence-electron chi connectivity index (χ2n) is 17.5. The van der Waals surface area contributed by atoms with Gasteiger partial charge in [0.25, 0.3) is 0 Å². The van der Waals surface area contributed by atoms with Crippen LogP contribution in [0.3, 0.4) is 0 Å². The maximum atomic E-state index is 15.2. The van der Waals surface area contributed by atoms with Crippen molar-refractivity contribution in [3.05, 3.63) is 70.4 Å². The molecule has 2 saturated heterocycles. The third kappa shape index (κ3) is 4.86. The van der Waals surface area contributed by atoms with Gasteiger partial charge in [0.1, 0.15) is 11.2 Å². The summed E-state index contributed by atoms with van der Waals surface area (Å²) in [6.45, 7) is 9.52. The lowest BCUT2D eigenvalue weighted by molar-refractivity contribution is -0.242. The fraction of sp³-hybridized carbons (Fsp3) is 0.578. The first-order valence-electron chi connectivity index (χ1n) is 20.7. The fourth-order valence-corrected chi connectivity index (χ4v) is 13.3. The van der Waals surface area contributed by atoms with Crippen LogP contribution in [-0.2, 0) is 46.0 Å². The minimum atomic E-state index is -2.22. The van der Waals surface area contributed by atoms with Gasteiger partial charge in [-0.05, 0) is 80.8 Å². The molecule has 57 heavy (non-hydrogen) atoms. The molecule has 9 rings (SSSR count). The SMILES string of the molecule is CCC1=CC2CN(C1)Cc1c([nH]c3ccccc13)[C@@](C(=O)OC)(c1cc3c(cc1OC)N(C)[C@@H]1C34CCN3CCC[C@](CC)([C@H]34)[C@@H](OC(C)=O)[C@]1(O)C(=O)OC)C2. The van der Waals surface area contributed by atoms with E-state index in [4.69, 9.17) is 18.9 Å². The Morgan fingerprint density at radius 2 is 1.74 bits per heavy atom. The number of rotatable bonds is 7. The largest absolute Gasteiger partial charge is 0.496 e. The maximum absolute atomic E-state index is 15.2. The molecule has 0 radical (unpaired) electrons. The molecule has 3 unspecified atom stereocenters. The highest BCUT2D eigenvalue weighted by Gasteiger charge is 2.80. The molecule has 1 aromatic heterocycles. The normalized spacial score (nSPS) is 35.2. The Morgan fingerprint density at radius 1 is 0.965 bits per heavy atom. The Balaban J connectivity index is 1.37. The van der Waals surface area contributed by atoms with Crippen LogP contribution >= 0.6 is 0 Å². The average Bonchev–Trinajstić information content (AvgIpc) is 3.87. The molecule has 3 aromatic rings. The van der Waals surface area contributed by atoms with Crippen LogP contribution in [0, 0.1) is 11.3 Å². The number of likely N-dealkylation sites (N-methyl/N-ethyl adjacent to an activating group) is 1. The predicted octanol–water partition coefficient (Wildman–Crippen LogP) is 4.98. The molecular formula is C45H56N4O8. The van der Waals surface area contributed by atoms with Crippen molar-refractivity contribution in [1.82, 2.24) is 14.8 Å². The summed E-state index contributed by atoms with van der Waals surface area (Å²) >= 11 is 0. The number of aromatic amines is 1. The molecule has 6 heterocycles. The van der Waals surface area contributed by atoms with Crippen LogP contribution < -0.4 is 9.64 Å². The number of methoxy groups -OCH3 is 3. The van der Waals surface area contributed by atoms with Crippen LogP contribution in [-0.4, -0.2) is 116 Å². The molecule has 1 spiro atoms. The monoisotopic (exact) mass is 780 g/mol. The van der Waals surface area contributed by atoms with E-state index < -0.39 is 45.9 Å². The second kappa shape index (κ2) is 13.3. The molecular weight excluding hydrogens is 725 g/mol. The van der Waals surface area contributed by atoms with E-state index in [0.29, 0.717) is 43.5 Å². The molecule has 3 fully saturated rings. The number of benzene rings is 2. The third-order valence-corrected chi connectivity index (χ3v) is 15.2. The van der Waals surface area contributed by atoms with Crippen molar-refractivity contribution in [2.24, 2.45) is 11.3 Å². The summed E-state index contributed by atoms with van der Waals surface area (Å²) in [4.78, 5) is 53.3. The summed E-state index contributed by atoms with van der Waals surface area (Å²) < 4.78 is 24.0. The molecule has 304 valence electrons. The van der Waals surface area contributed by atoms with Gasteiger partial charge < -0.3 is 33.9 Å². The Morgan fingerprint density at radius 3 is 2.44 bits per heavy atom. The smallest absolute Gasteiger partial charge is 0.344 e. The van der Waals surface area contributed by atoms with E-state index in [1.165, 1.54) is 26.7 Å². The van der Waals surface area contributed by atoms with Gasteiger partial charge in [0.2, 0.25) is 5.60 Å². The number of para-hydroxylation sites is 1. The van der Waals surface area contributed by atoms with E-state index in [9.17, 15) is 14.7 Å². The predicted molar refractivity (Wildman–Crippen MR) is 214 cm³/mol. The Labute approximate surface area is 334 Å². The Hall–Kier alpha value is -4.39. The number of piperidine rings is 1. The first-order valence-corrected chi connectivity index (χ1v) is 20.7. The number of carbonyl (C=O) groups is 3. The van der Waals surface area contributed by atoms with E-state index in [-0.39, 0.29) is 17.9 Å². The van der Waals surface area contributed by atoms with Gasteiger partial charge in [-0.25, -0.2) is 4.79 Å². The summed E-state index contributed by atoms with van der Waals surface area (Å²) in [5, 5.41) is 14.4. The minimum Gasteiger partial charge on any atom is -0.496 e. The number of anilines is 1. The number of H-pyrrole nitrogens is 1. The number of esters is 3. The van der Waals surface area contributed by atoms with E-state index in [1.54, 1.807) is 7.11 Å². The van der Waals surface area contributed by atoms with Crippen LogP contribution in [0.5, 0.6) is 5.75 Å². The molecule has 12 heteroatoms. The molecule has 2 N–H and O–H groups in total. The van der Waals surface area contributed by atoms with Gasteiger partial charge in [-0.15, -0.1) is 0 Å². The molecule has 12 nitrogen and oxygen atoms in total. The maximum Gasteiger partial charge on any atom is 0.344 e. The van der Waals surface area contributed by atoms with E-state index in [2.05, 4.69) is 52.9 Å². The summed E-state index contributed by atoms with van der Waals surface area (Å²) in [5.74, 6) is -1.21. The van der Waals surface area contributed by atoms with Crippen LogP contribution in [0.2, 0.25) is 0 Å². The van der Waals surface area contributed by atoms with Gasteiger partial charge in [0.15, 0.2) is 6.10 Å². The molecule has 1 aliphatic carbocycles. The first-order chi connectivity index (χ1) is 27.4. The van der Waals surface area contributed by atoms with Gasteiger partial charge in [0.05, 0.1) is 27.4 Å². The number of hydrogen-bond acceptors (Lipinski definition) is 11. The molecule has 2 bridgehead atoms. The van der Waals surface area contributed by atoms with Gasteiger partial charge in [-0.2, -0.15) is 0 Å². The van der Waals surface area contributed by atoms with Gasteiger partial charge in [-0.1, -0.05) is 43.7 Å². The van der Waals surface area contributed by atoms with Crippen molar-refractivity contribution in [1.29, 1.82) is 0 Å². The lowest BCUT2D eigenvalue weighted by atomic mass is 9.46. The Kier molecular flexibility index (Phi) is 8.92. The van der Waals surface area contributed by atoms with Crippen molar-refractivity contribution >= 4 is 34.5 Å². The molecule has 6 aliphatic rings. The van der Waals surface area contributed by atoms with Gasteiger partial charge >= 0.3 is 17.9 Å². The van der Waals surface area contributed by atoms with Crippen LogP contribution in [0.25, 0.3) is 10.9 Å². The number of hydrogen-bond donors (Lipinski definition) is 2. The molecule has 5 aliphatic heterocycles. The van der Waals surface area contributed by atoms with Crippen molar-refractivity contribution < 1.29 is 38.4 Å². The standard InChI is InChI=1S/C45H56N4O8/c1-8-27-19-28-22-44(40(51)55-6,36-30(25-48(23-27)24-28)29-13-10-11-14-33(29)46-36)32-20-31-34(21-35(32)54-5)47(4)38-43(31)16-18-49-17-12-15-42(9-2,37(43)49)39(57-26(3)50)45(38,53)41(52)56-7/h10-11,13-14,19-21,28,37-39,46,53H,8-9,12,15-18,22-25H2,1-7H3/t28?,37-,38+,39+,42+,43?,44-,45-/m0/s1. The zero-order valence-electron chi connectivity index (χ0n) is 34.3. The number of aliphatic hydroxyl groups is 1. The quantitative estimate of drug-likeness (QED) is 0.191. The fourth-order valence-electron chi connectivity index (χ4n) is 13.3. The molecule has 2 aromatic carbocycles. The van der Waals surface area contributed by atoms with Crippen LogP contribution in [0.1, 0.15) is 81.7 Å².